The molecule has 1 atom stereocenters. The van der Waals surface area contributed by atoms with Gasteiger partial charge in [-0.3, -0.25) is 9.59 Å². The first-order chi connectivity index (χ1) is 9.60. The van der Waals surface area contributed by atoms with Crippen LogP contribution in [-0.2, 0) is 9.53 Å². The van der Waals surface area contributed by atoms with Crippen LogP contribution in [0.4, 0.5) is 0 Å². The minimum absolute atomic E-state index is 0.107. The Morgan fingerprint density at radius 3 is 2.15 bits per heavy atom. The third-order valence-electron chi connectivity index (χ3n) is 3.18. The number of Topliss-reactive ketones (excluding diaryl/α,β-unsaturated/α-hetero) is 1. The quantitative estimate of drug-likeness (QED) is 0.600. The molecular formula is C14H16O6. The molecule has 1 saturated heterocycles. The Morgan fingerprint density at radius 2 is 1.75 bits per heavy atom. The zero-order valence-corrected chi connectivity index (χ0v) is 11.6. The summed E-state index contributed by atoms with van der Waals surface area (Å²) in [6.07, 6.45) is 0.107. The van der Waals surface area contributed by atoms with E-state index >= 15 is 0 Å². The maximum atomic E-state index is 12.3. The second-order valence-corrected chi connectivity index (χ2v) is 4.36. The van der Waals surface area contributed by atoms with Gasteiger partial charge in [-0.15, -0.1) is 0 Å². The molecule has 0 N–H and O–H groups in total. The van der Waals surface area contributed by atoms with Crippen LogP contribution in [0.5, 0.6) is 17.2 Å². The number of hydrogen-bond donors (Lipinski definition) is 0. The molecule has 1 heterocycles. The Hall–Kier alpha value is -2.24. The van der Waals surface area contributed by atoms with Crippen LogP contribution in [0.1, 0.15) is 16.8 Å². The number of cyclic esters (lactones) is 1. The van der Waals surface area contributed by atoms with E-state index in [9.17, 15) is 9.59 Å². The largest absolute Gasteiger partial charge is 0.493 e. The van der Waals surface area contributed by atoms with Crippen molar-refractivity contribution in [2.24, 2.45) is 5.92 Å². The van der Waals surface area contributed by atoms with Crippen molar-refractivity contribution in [3.8, 4) is 17.2 Å². The van der Waals surface area contributed by atoms with Gasteiger partial charge < -0.3 is 18.9 Å². The zero-order chi connectivity index (χ0) is 14.7. The highest BCUT2D eigenvalue weighted by molar-refractivity contribution is 6.01. The summed E-state index contributed by atoms with van der Waals surface area (Å²) in [5.74, 6) is 0.252. The topological polar surface area (TPSA) is 71.1 Å². The Morgan fingerprint density at radius 1 is 1.15 bits per heavy atom. The lowest BCUT2D eigenvalue weighted by Crippen LogP contribution is -2.15. The summed E-state index contributed by atoms with van der Waals surface area (Å²) < 4.78 is 20.4. The zero-order valence-electron chi connectivity index (χ0n) is 11.6. The number of hydrogen-bond acceptors (Lipinski definition) is 6. The lowest BCUT2D eigenvalue weighted by atomic mass is 9.96. The van der Waals surface area contributed by atoms with E-state index in [1.165, 1.54) is 21.3 Å². The maximum Gasteiger partial charge on any atom is 0.306 e. The highest BCUT2D eigenvalue weighted by Gasteiger charge is 2.31. The van der Waals surface area contributed by atoms with Gasteiger partial charge in [0.05, 0.1) is 33.7 Å². The fraction of sp³-hybridized carbons (Fsp3) is 0.429. The van der Waals surface area contributed by atoms with Crippen molar-refractivity contribution in [2.45, 2.75) is 6.42 Å². The molecule has 0 bridgehead atoms. The van der Waals surface area contributed by atoms with Gasteiger partial charge in [-0.1, -0.05) is 0 Å². The molecule has 6 nitrogen and oxygen atoms in total. The number of ether oxygens (including phenoxy) is 4. The van der Waals surface area contributed by atoms with E-state index < -0.39 is 5.92 Å². The summed E-state index contributed by atoms with van der Waals surface area (Å²) in [7, 11) is 4.45. The van der Waals surface area contributed by atoms with Crippen LogP contribution in [0.3, 0.4) is 0 Å². The van der Waals surface area contributed by atoms with Gasteiger partial charge in [0, 0.05) is 5.56 Å². The second kappa shape index (κ2) is 5.81. The van der Waals surface area contributed by atoms with Crippen LogP contribution in [0.25, 0.3) is 0 Å². The molecule has 1 aromatic rings. The van der Waals surface area contributed by atoms with Crippen LogP contribution >= 0.6 is 0 Å². The summed E-state index contributed by atoms with van der Waals surface area (Å²) in [6, 6.07) is 3.15. The first-order valence-electron chi connectivity index (χ1n) is 6.10. The molecule has 0 spiro atoms. The molecule has 0 aliphatic carbocycles. The number of carbonyl (C=O) groups excluding carboxylic acids is 2. The molecule has 20 heavy (non-hydrogen) atoms. The SMILES string of the molecule is COc1cc(C(=O)C2COC(=O)C2)cc(OC)c1OC. The van der Waals surface area contributed by atoms with E-state index in [4.69, 9.17) is 18.9 Å². The highest BCUT2D eigenvalue weighted by atomic mass is 16.5. The molecule has 2 rings (SSSR count). The molecule has 1 unspecified atom stereocenters. The summed E-state index contributed by atoms with van der Waals surface area (Å²) in [5, 5.41) is 0. The third-order valence-corrected chi connectivity index (χ3v) is 3.18. The fourth-order valence-electron chi connectivity index (χ4n) is 2.14. The molecule has 0 aromatic heterocycles. The Labute approximate surface area is 116 Å². The van der Waals surface area contributed by atoms with Crippen molar-refractivity contribution in [3.63, 3.8) is 0 Å². The van der Waals surface area contributed by atoms with Crippen LogP contribution in [0.2, 0.25) is 0 Å². The first kappa shape index (κ1) is 14.2. The minimum Gasteiger partial charge on any atom is -0.493 e. The lowest BCUT2D eigenvalue weighted by Gasteiger charge is -2.14. The lowest BCUT2D eigenvalue weighted by molar-refractivity contribution is -0.137. The Balaban J connectivity index is 2.36. The predicted molar refractivity (Wildman–Crippen MR) is 69.5 cm³/mol. The molecule has 0 radical (unpaired) electrons. The maximum absolute atomic E-state index is 12.3. The van der Waals surface area contributed by atoms with E-state index in [1.54, 1.807) is 12.1 Å². The minimum atomic E-state index is -0.453. The predicted octanol–water partition coefficient (Wildman–Crippen LogP) is 1.46. The molecule has 1 fully saturated rings. The smallest absolute Gasteiger partial charge is 0.306 e. The van der Waals surface area contributed by atoms with Gasteiger partial charge in [0.1, 0.15) is 6.61 Å². The average molecular weight is 280 g/mol. The molecule has 1 aliphatic heterocycles. The normalized spacial score (nSPS) is 17.6. The number of benzene rings is 1. The number of methoxy groups -OCH3 is 3. The van der Waals surface area contributed by atoms with Crippen LogP contribution < -0.4 is 14.2 Å². The van der Waals surface area contributed by atoms with Gasteiger partial charge in [0.15, 0.2) is 17.3 Å². The number of carbonyl (C=O) groups is 2. The Kier molecular flexibility index (Phi) is 4.12. The monoisotopic (exact) mass is 280 g/mol. The molecule has 0 saturated carbocycles. The van der Waals surface area contributed by atoms with E-state index in [0.717, 1.165) is 0 Å². The average Bonchev–Trinajstić information content (AvgIpc) is 2.91. The number of ketones is 1. The van der Waals surface area contributed by atoms with E-state index in [2.05, 4.69) is 0 Å². The van der Waals surface area contributed by atoms with Gasteiger partial charge >= 0.3 is 5.97 Å². The second-order valence-electron chi connectivity index (χ2n) is 4.36. The van der Waals surface area contributed by atoms with Crippen molar-refractivity contribution >= 4 is 11.8 Å². The van der Waals surface area contributed by atoms with Crippen LogP contribution in [0, 0.1) is 5.92 Å². The van der Waals surface area contributed by atoms with E-state index in [1.807, 2.05) is 0 Å². The van der Waals surface area contributed by atoms with E-state index in [0.29, 0.717) is 22.8 Å². The number of rotatable bonds is 5. The molecule has 1 aromatic carbocycles. The summed E-state index contributed by atoms with van der Waals surface area (Å²) in [4.78, 5) is 23.4. The van der Waals surface area contributed by atoms with Gasteiger partial charge in [-0.2, -0.15) is 0 Å². The van der Waals surface area contributed by atoms with Crippen molar-refractivity contribution in [2.75, 3.05) is 27.9 Å². The van der Waals surface area contributed by atoms with Gasteiger partial charge in [0.2, 0.25) is 5.75 Å². The first-order valence-corrected chi connectivity index (χ1v) is 6.10. The van der Waals surface area contributed by atoms with Crippen molar-refractivity contribution in [3.05, 3.63) is 17.7 Å². The van der Waals surface area contributed by atoms with Crippen LogP contribution in [0.15, 0.2) is 12.1 Å². The molecule has 6 heteroatoms. The highest BCUT2D eigenvalue weighted by Crippen LogP contribution is 2.39. The number of esters is 1. The van der Waals surface area contributed by atoms with Crippen molar-refractivity contribution < 1.29 is 28.5 Å². The van der Waals surface area contributed by atoms with Gasteiger partial charge in [-0.25, -0.2) is 0 Å². The van der Waals surface area contributed by atoms with Gasteiger partial charge in [0.25, 0.3) is 0 Å². The summed E-state index contributed by atoms with van der Waals surface area (Å²) in [6.45, 7) is 0.119. The fourth-order valence-corrected chi connectivity index (χ4v) is 2.14. The molecule has 108 valence electrons. The summed E-state index contributed by atoms with van der Waals surface area (Å²) in [5.41, 5.74) is 0.405. The van der Waals surface area contributed by atoms with Crippen molar-refractivity contribution in [1.82, 2.24) is 0 Å². The summed E-state index contributed by atoms with van der Waals surface area (Å²) >= 11 is 0. The molecular weight excluding hydrogens is 264 g/mol. The molecule has 1 aliphatic rings. The van der Waals surface area contributed by atoms with Crippen molar-refractivity contribution in [1.29, 1.82) is 0 Å². The standard InChI is InChI=1S/C14H16O6/c1-17-10-4-8(5-11(18-2)14(10)19-3)13(16)9-6-12(15)20-7-9/h4-5,9H,6-7H2,1-3H3. The third kappa shape index (κ3) is 2.54. The Bertz CT molecular complexity index is 511. The van der Waals surface area contributed by atoms with E-state index in [-0.39, 0.29) is 24.8 Å². The van der Waals surface area contributed by atoms with Gasteiger partial charge in [-0.05, 0) is 12.1 Å². The molecule has 0 amide bonds. The van der Waals surface area contributed by atoms with Crippen LogP contribution in [-0.4, -0.2) is 39.7 Å².